The smallest absolute Gasteiger partial charge is 0.264 e. The molecule has 3 unspecified atom stereocenters. The van der Waals surface area contributed by atoms with Crippen LogP contribution in [0, 0.1) is 5.92 Å². The Kier molecular flexibility index (Phi) is 5.06. The summed E-state index contributed by atoms with van der Waals surface area (Å²) < 4.78 is 28.5. The Labute approximate surface area is 184 Å². The van der Waals surface area contributed by atoms with E-state index in [1.807, 2.05) is 55.5 Å². The van der Waals surface area contributed by atoms with Crippen LogP contribution in [0.3, 0.4) is 0 Å². The van der Waals surface area contributed by atoms with Crippen LogP contribution in [0.25, 0.3) is 0 Å². The summed E-state index contributed by atoms with van der Waals surface area (Å²) in [4.78, 5) is 0.343. The van der Waals surface area contributed by atoms with Crippen LogP contribution >= 0.6 is 0 Å². The molecule has 0 amide bonds. The minimum absolute atomic E-state index is 0.211. The van der Waals surface area contributed by atoms with Crippen LogP contribution in [0.5, 0.6) is 0 Å². The van der Waals surface area contributed by atoms with E-state index in [9.17, 15) is 8.42 Å². The van der Waals surface area contributed by atoms with Crippen molar-refractivity contribution in [1.82, 2.24) is 0 Å². The lowest BCUT2D eigenvalue weighted by Gasteiger charge is -2.38. The number of hydrogen-bond acceptors (Lipinski definition) is 3. The number of nitrogens with zero attached hydrogens (tertiary/aromatic N) is 1. The molecule has 1 N–H and O–H groups in total. The summed E-state index contributed by atoms with van der Waals surface area (Å²) in [5, 5.41) is 3.69. The third kappa shape index (κ3) is 3.43. The summed E-state index contributed by atoms with van der Waals surface area (Å²) in [6.45, 7) is 2.24. The molecule has 1 aliphatic carbocycles. The van der Waals surface area contributed by atoms with Crippen molar-refractivity contribution in [2.24, 2.45) is 5.92 Å². The van der Waals surface area contributed by atoms with E-state index in [1.54, 1.807) is 6.07 Å². The van der Waals surface area contributed by atoms with E-state index < -0.39 is 10.0 Å². The molecule has 5 heteroatoms. The third-order valence-corrected chi connectivity index (χ3v) is 8.31. The van der Waals surface area contributed by atoms with Gasteiger partial charge >= 0.3 is 0 Å². The van der Waals surface area contributed by atoms with Crippen molar-refractivity contribution in [3.8, 4) is 0 Å². The van der Waals surface area contributed by atoms with Gasteiger partial charge in [-0.1, -0.05) is 60.7 Å². The van der Waals surface area contributed by atoms with Crippen molar-refractivity contribution in [2.75, 3.05) is 16.2 Å². The summed E-state index contributed by atoms with van der Waals surface area (Å²) in [5.41, 5.74) is 4.04. The van der Waals surface area contributed by atoms with E-state index in [-0.39, 0.29) is 12.0 Å². The second-order valence-corrected chi connectivity index (χ2v) is 10.0. The number of nitrogens with one attached hydrogen (secondary N) is 1. The molecule has 4 nitrogen and oxygen atoms in total. The van der Waals surface area contributed by atoms with Gasteiger partial charge in [0.2, 0.25) is 0 Å². The van der Waals surface area contributed by atoms with Gasteiger partial charge in [-0.3, -0.25) is 4.31 Å². The molecule has 5 rings (SSSR count). The second-order valence-electron chi connectivity index (χ2n) is 8.14. The van der Waals surface area contributed by atoms with Crippen molar-refractivity contribution in [2.45, 2.75) is 30.2 Å². The molecular weight excluding hydrogens is 404 g/mol. The summed E-state index contributed by atoms with van der Waals surface area (Å²) in [6, 6.07) is 25.5. The average molecular weight is 431 g/mol. The number of fused-ring (bicyclic) bond motifs is 3. The van der Waals surface area contributed by atoms with Crippen LogP contribution < -0.4 is 9.62 Å². The molecule has 3 aromatic rings. The van der Waals surface area contributed by atoms with Gasteiger partial charge in [-0.05, 0) is 60.7 Å². The number of benzene rings is 3. The first-order chi connectivity index (χ1) is 15.1. The number of anilines is 2. The summed E-state index contributed by atoms with van der Waals surface area (Å²) in [7, 11) is -3.65. The average Bonchev–Trinajstić information content (AvgIpc) is 3.30. The van der Waals surface area contributed by atoms with Gasteiger partial charge in [0, 0.05) is 18.2 Å². The van der Waals surface area contributed by atoms with Crippen molar-refractivity contribution >= 4 is 21.4 Å². The highest BCUT2D eigenvalue weighted by Gasteiger charge is 2.38. The van der Waals surface area contributed by atoms with E-state index in [4.69, 9.17) is 0 Å². The van der Waals surface area contributed by atoms with Gasteiger partial charge in [0.15, 0.2) is 0 Å². The first-order valence-electron chi connectivity index (χ1n) is 10.8. The van der Waals surface area contributed by atoms with Gasteiger partial charge in [0.05, 0.1) is 16.6 Å². The van der Waals surface area contributed by atoms with Gasteiger partial charge < -0.3 is 5.32 Å². The number of sulfonamides is 1. The van der Waals surface area contributed by atoms with Gasteiger partial charge in [0.25, 0.3) is 10.0 Å². The van der Waals surface area contributed by atoms with Crippen LogP contribution in [0.4, 0.5) is 11.4 Å². The Bertz CT molecular complexity index is 1210. The molecular formula is C26H26N2O2S. The third-order valence-electron chi connectivity index (χ3n) is 6.41. The van der Waals surface area contributed by atoms with Gasteiger partial charge in [-0.25, -0.2) is 8.42 Å². The molecule has 3 atom stereocenters. The van der Waals surface area contributed by atoms with E-state index >= 15 is 0 Å². The highest BCUT2D eigenvalue weighted by molar-refractivity contribution is 7.92. The molecule has 0 fully saturated rings. The molecule has 3 aromatic carbocycles. The maximum Gasteiger partial charge on any atom is 0.264 e. The molecule has 31 heavy (non-hydrogen) atoms. The quantitative estimate of drug-likeness (QED) is 0.526. The monoisotopic (exact) mass is 430 g/mol. The fraction of sp³-hybridized carbons (Fsp3) is 0.231. The summed E-state index contributed by atoms with van der Waals surface area (Å²) >= 11 is 0. The number of hydrogen-bond donors (Lipinski definition) is 1. The van der Waals surface area contributed by atoms with Gasteiger partial charge in [-0.2, -0.15) is 0 Å². The van der Waals surface area contributed by atoms with Crippen LogP contribution in [0.15, 0.2) is 95.9 Å². The largest absolute Gasteiger partial charge is 0.378 e. The summed E-state index contributed by atoms with van der Waals surface area (Å²) in [6.07, 6.45) is 5.45. The lowest BCUT2D eigenvalue weighted by Crippen LogP contribution is -2.32. The maximum absolute atomic E-state index is 13.5. The van der Waals surface area contributed by atoms with Gasteiger partial charge in [-0.15, -0.1) is 0 Å². The van der Waals surface area contributed by atoms with Crippen molar-refractivity contribution in [3.05, 3.63) is 102 Å². The Balaban J connectivity index is 1.54. The predicted molar refractivity (Wildman–Crippen MR) is 126 cm³/mol. The SMILES string of the molecule is CCN(c1ccccc1)S(=O)(=O)c1ccc2c(c1)C1C=CCC1C(c1ccccc1)N2. The van der Waals surface area contributed by atoms with Crippen LogP contribution in [0.2, 0.25) is 0 Å². The molecule has 0 spiro atoms. The Morgan fingerprint density at radius 2 is 1.68 bits per heavy atom. The van der Waals surface area contributed by atoms with Crippen LogP contribution in [0.1, 0.15) is 36.4 Å². The zero-order valence-corrected chi connectivity index (χ0v) is 18.3. The highest BCUT2D eigenvalue weighted by Crippen LogP contribution is 2.50. The molecule has 0 aromatic heterocycles. The summed E-state index contributed by atoms with van der Waals surface area (Å²) in [5.74, 6) is 0.590. The predicted octanol–water partition coefficient (Wildman–Crippen LogP) is 5.73. The number of allylic oxidation sites excluding steroid dienone is 2. The van der Waals surface area contributed by atoms with E-state index in [2.05, 4.69) is 41.7 Å². The Hall–Kier alpha value is -3.05. The zero-order chi connectivity index (χ0) is 21.4. The number of rotatable bonds is 5. The Morgan fingerprint density at radius 1 is 0.968 bits per heavy atom. The molecule has 0 saturated heterocycles. The minimum atomic E-state index is -3.65. The van der Waals surface area contributed by atoms with Crippen molar-refractivity contribution in [3.63, 3.8) is 0 Å². The molecule has 0 saturated carbocycles. The van der Waals surface area contributed by atoms with E-state index in [0.717, 1.165) is 17.7 Å². The number of para-hydroxylation sites is 1. The van der Waals surface area contributed by atoms with E-state index in [1.165, 1.54) is 9.87 Å². The topological polar surface area (TPSA) is 49.4 Å². The standard InChI is InChI=1S/C26H26N2O2S/c1-2-28(20-12-7-4-8-13-20)31(29,30)21-16-17-25-24(18-21)22-14-9-15-23(22)26(27-25)19-10-5-3-6-11-19/h3-14,16-18,22-23,26-27H,2,15H2,1H3. The lowest BCUT2D eigenvalue weighted by molar-refractivity contribution is 0.425. The van der Waals surface area contributed by atoms with Crippen LogP contribution in [-0.4, -0.2) is 15.0 Å². The van der Waals surface area contributed by atoms with Crippen molar-refractivity contribution < 1.29 is 8.42 Å². The molecule has 0 bridgehead atoms. The molecule has 158 valence electrons. The fourth-order valence-corrected chi connectivity index (χ4v) is 6.45. The minimum Gasteiger partial charge on any atom is -0.378 e. The molecule has 1 heterocycles. The first kappa shape index (κ1) is 19.9. The van der Waals surface area contributed by atoms with Gasteiger partial charge in [0.1, 0.15) is 0 Å². The second kappa shape index (κ2) is 7.89. The van der Waals surface area contributed by atoms with Crippen LogP contribution in [-0.2, 0) is 10.0 Å². The zero-order valence-electron chi connectivity index (χ0n) is 17.5. The normalized spacial score (nSPS) is 21.8. The van der Waals surface area contributed by atoms with Crippen molar-refractivity contribution in [1.29, 1.82) is 0 Å². The molecule has 0 radical (unpaired) electrons. The Morgan fingerprint density at radius 3 is 2.39 bits per heavy atom. The van der Waals surface area contributed by atoms with E-state index in [0.29, 0.717) is 23.0 Å². The molecule has 2 aliphatic rings. The fourth-order valence-electron chi connectivity index (χ4n) is 4.94. The maximum atomic E-state index is 13.5. The highest BCUT2D eigenvalue weighted by atomic mass is 32.2. The lowest BCUT2D eigenvalue weighted by atomic mass is 9.77. The first-order valence-corrected chi connectivity index (χ1v) is 12.2. The molecule has 1 aliphatic heterocycles.